The van der Waals surface area contributed by atoms with E-state index in [2.05, 4.69) is 33.1 Å². The van der Waals surface area contributed by atoms with Gasteiger partial charge in [0.25, 0.3) is 0 Å². The van der Waals surface area contributed by atoms with Crippen LogP contribution in [-0.4, -0.2) is 34.1 Å². The molecule has 0 aliphatic rings. The van der Waals surface area contributed by atoms with Crippen molar-refractivity contribution in [3.05, 3.63) is 35.9 Å². The predicted molar refractivity (Wildman–Crippen MR) is 129 cm³/mol. The second-order valence-electron chi connectivity index (χ2n) is 8.60. The Bertz CT molecular complexity index is 727. The Morgan fingerprint density at radius 1 is 0.833 bits per heavy atom. The first-order valence-electron chi connectivity index (χ1n) is 12.3. The standard InChI is InChI=1S/C26H42N4/c1-4-6-8-10-12-14-18-29(19-15-13-11-9-7-5-2)20-21-30-23-28-25-22-24(27-3)16-17-26(25)30/h16-17,22-23H,4-15,18-21H2,1-2H3. The Balaban J connectivity index is 1.82. The summed E-state index contributed by atoms with van der Waals surface area (Å²) in [7, 11) is 0. The topological polar surface area (TPSA) is 25.4 Å². The van der Waals surface area contributed by atoms with Crippen molar-refractivity contribution < 1.29 is 0 Å². The van der Waals surface area contributed by atoms with E-state index < -0.39 is 0 Å². The fourth-order valence-corrected chi connectivity index (χ4v) is 4.12. The molecule has 0 N–H and O–H groups in total. The summed E-state index contributed by atoms with van der Waals surface area (Å²) in [5.74, 6) is 0. The van der Waals surface area contributed by atoms with Crippen LogP contribution in [0.3, 0.4) is 0 Å². The van der Waals surface area contributed by atoms with Gasteiger partial charge in [0.2, 0.25) is 0 Å². The van der Waals surface area contributed by atoms with Gasteiger partial charge in [0.05, 0.1) is 23.9 Å². The van der Waals surface area contributed by atoms with Gasteiger partial charge in [-0.15, -0.1) is 0 Å². The molecule has 0 aliphatic heterocycles. The molecule has 0 radical (unpaired) electrons. The molecule has 0 unspecified atom stereocenters. The van der Waals surface area contributed by atoms with E-state index >= 15 is 0 Å². The highest BCUT2D eigenvalue weighted by Gasteiger charge is 2.08. The van der Waals surface area contributed by atoms with Gasteiger partial charge in [-0.3, -0.25) is 0 Å². The second kappa shape index (κ2) is 15.0. The molecule has 0 bridgehead atoms. The Labute approximate surface area is 184 Å². The summed E-state index contributed by atoms with van der Waals surface area (Å²) in [5, 5.41) is 0. The van der Waals surface area contributed by atoms with Gasteiger partial charge in [-0.1, -0.05) is 84.1 Å². The number of fused-ring (bicyclic) bond motifs is 1. The first-order valence-corrected chi connectivity index (χ1v) is 12.3. The molecule has 1 aromatic carbocycles. The summed E-state index contributed by atoms with van der Waals surface area (Å²) in [5.41, 5.74) is 2.74. The summed E-state index contributed by atoms with van der Waals surface area (Å²) in [6, 6.07) is 5.84. The Morgan fingerprint density at radius 3 is 2.03 bits per heavy atom. The van der Waals surface area contributed by atoms with Crippen LogP contribution >= 0.6 is 0 Å². The number of hydrogen-bond acceptors (Lipinski definition) is 2. The molecule has 0 saturated heterocycles. The average molecular weight is 411 g/mol. The fourth-order valence-electron chi connectivity index (χ4n) is 4.12. The highest BCUT2D eigenvalue weighted by Crippen LogP contribution is 2.20. The summed E-state index contributed by atoms with van der Waals surface area (Å²) < 4.78 is 2.25. The van der Waals surface area contributed by atoms with Crippen LogP contribution in [0.4, 0.5) is 5.69 Å². The number of nitrogens with zero attached hydrogens (tertiary/aromatic N) is 4. The van der Waals surface area contributed by atoms with Gasteiger partial charge in [-0.05, 0) is 38.1 Å². The molecule has 0 amide bonds. The van der Waals surface area contributed by atoms with Gasteiger partial charge < -0.3 is 9.47 Å². The van der Waals surface area contributed by atoms with E-state index in [9.17, 15) is 0 Å². The van der Waals surface area contributed by atoms with Crippen molar-refractivity contribution in [2.24, 2.45) is 0 Å². The zero-order valence-corrected chi connectivity index (χ0v) is 19.4. The molecule has 1 heterocycles. The van der Waals surface area contributed by atoms with Crippen LogP contribution in [0.2, 0.25) is 0 Å². The van der Waals surface area contributed by atoms with Gasteiger partial charge in [-0.25, -0.2) is 9.83 Å². The first-order chi connectivity index (χ1) is 14.8. The van der Waals surface area contributed by atoms with Crippen LogP contribution in [0.15, 0.2) is 24.5 Å². The van der Waals surface area contributed by atoms with Crippen LogP contribution in [0.1, 0.15) is 90.9 Å². The lowest BCUT2D eigenvalue weighted by Crippen LogP contribution is -2.29. The summed E-state index contributed by atoms with van der Waals surface area (Å²) in [6.45, 7) is 16.2. The van der Waals surface area contributed by atoms with Crippen LogP contribution in [-0.2, 0) is 6.54 Å². The van der Waals surface area contributed by atoms with E-state index in [4.69, 9.17) is 6.57 Å². The quantitative estimate of drug-likeness (QED) is 0.198. The van der Waals surface area contributed by atoms with Crippen LogP contribution in [0, 0.1) is 6.57 Å². The highest BCUT2D eigenvalue weighted by atomic mass is 15.2. The number of hydrogen-bond donors (Lipinski definition) is 0. The Kier molecular flexibility index (Phi) is 12.2. The molecule has 2 aromatic rings. The van der Waals surface area contributed by atoms with E-state index in [-0.39, 0.29) is 0 Å². The van der Waals surface area contributed by atoms with Crippen molar-refractivity contribution in [3.63, 3.8) is 0 Å². The minimum atomic E-state index is 0.667. The lowest BCUT2D eigenvalue weighted by atomic mass is 10.1. The lowest BCUT2D eigenvalue weighted by molar-refractivity contribution is 0.251. The van der Waals surface area contributed by atoms with Crippen molar-refractivity contribution in [1.82, 2.24) is 14.5 Å². The minimum Gasteiger partial charge on any atom is -0.329 e. The van der Waals surface area contributed by atoms with Gasteiger partial charge >= 0.3 is 0 Å². The maximum absolute atomic E-state index is 7.18. The molecule has 0 atom stereocenters. The average Bonchev–Trinajstić information content (AvgIpc) is 3.18. The van der Waals surface area contributed by atoms with E-state index in [1.807, 2.05) is 24.5 Å². The van der Waals surface area contributed by atoms with Gasteiger partial charge in [0.1, 0.15) is 0 Å². The highest BCUT2D eigenvalue weighted by molar-refractivity contribution is 5.79. The number of rotatable bonds is 17. The number of benzene rings is 1. The molecule has 0 spiro atoms. The molecule has 0 fully saturated rings. The van der Waals surface area contributed by atoms with Gasteiger partial charge in [0.15, 0.2) is 5.69 Å². The normalized spacial score (nSPS) is 11.4. The third kappa shape index (κ3) is 8.88. The third-order valence-electron chi connectivity index (χ3n) is 6.05. The van der Waals surface area contributed by atoms with E-state index in [0.29, 0.717) is 5.69 Å². The molecule has 2 rings (SSSR count). The maximum atomic E-state index is 7.18. The fraction of sp³-hybridized carbons (Fsp3) is 0.692. The lowest BCUT2D eigenvalue weighted by Gasteiger charge is -2.23. The smallest absolute Gasteiger partial charge is 0.189 e. The molecule has 0 aliphatic carbocycles. The number of unbranched alkanes of at least 4 members (excludes halogenated alkanes) is 10. The molecule has 0 saturated carbocycles. The van der Waals surface area contributed by atoms with Gasteiger partial charge in [0, 0.05) is 13.1 Å². The van der Waals surface area contributed by atoms with Crippen molar-refractivity contribution in [1.29, 1.82) is 0 Å². The van der Waals surface area contributed by atoms with E-state index in [1.165, 1.54) is 90.1 Å². The van der Waals surface area contributed by atoms with E-state index in [0.717, 1.165) is 24.1 Å². The Hall–Kier alpha value is -1.86. The molecule has 30 heavy (non-hydrogen) atoms. The van der Waals surface area contributed by atoms with Crippen molar-refractivity contribution in [2.75, 3.05) is 19.6 Å². The molecular formula is C26H42N4. The zero-order chi connectivity index (χ0) is 21.4. The van der Waals surface area contributed by atoms with Crippen molar-refractivity contribution >= 4 is 16.7 Å². The van der Waals surface area contributed by atoms with Crippen LogP contribution in [0.5, 0.6) is 0 Å². The predicted octanol–water partition coefficient (Wildman–Crippen LogP) is 7.61. The molecule has 4 nitrogen and oxygen atoms in total. The monoisotopic (exact) mass is 410 g/mol. The SMILES string of the molecule is [C-]#[N+]c1ccc2c(c1)ncn2CCN(CCCCCCCC)CCCCCCCC. The molecule has 166 valence electrons. The van der Waals surface area contributed by atoms with Crippen molar-refractivity contribution in [3.8, 4) is 0 Å². The Morgan fingerprint density at radius 2 is 1.43 bits per heavy atom. The maximum Gasteiger partial charge on any atom is 0.189 e. The summed E-state index contributed by atoms with van der Waals surface area (Å²) in [4.78, 5) is 10.7. The number of aromatic nitrogens is 2. The van der Waals surface area contributed by atoms with Crippen molar-refractivity contribution in [2.45, 2.75) is 97.4 Å². The molecular weight excluding hydrogens is 368 g/mol. The van der Waals surface area contributed by atoms with Crippen LogP contribution < -0.4 is 0 Å². The largest absolute Gasteiger partial charge is 0.329 e. The molecule has 1 aromatic heterocycles. The zero-order valence-electron chi connectivity index (χ0n) is 19.4. The molecule has 4 heteroatoms. The third-order valence-corrected chi connectivity index (χ3v) is 6.05. The summed E-state index contributed by atoms with van der Waals surface area (Å²) >= 11 is 0. The van der Waals surface area contributed by atoms with Gasteiger partial charge in [-0.2, -0.15) is 0 Å². The minimum absolute atomic E-state index is 0.667. The number of imidazole rings is 1. The van der Waals surface area contributed by atoms with Crippen LogP contribution in [0.25, 0.3) is 15.9 Å². The second-order valence-corrected chi connectivity index (χ2v) is 8.60. The summed E-state index contributed by atoms with van der Waals surface area (Å²) in [6.07, 6.45) is 18.2. The van der Waals surface area contributed by atoms with E-state index in [1.54, 1.807) is 0 Å². The first kappa shape index (κ1) is 24.4.